The van der Waals surface area contributed by atoms with Crippen LogP contribution in [0.3, 0.4) is 0 Å². The molecule has 1 rings (SSSR count). The Morgan fingerprint density at radius 1 is 1.43 bits per heavy atom. The fraction of sp³-hybridized carbons (Fsp3) is 0.111. The zero-order valence-corrected chi connectivity index (χ0v) is 7.60. The molecule has 0 spiro atoms. The number of likely N-dealkylation sites (N-methyl/N-ethyl adjacent to an activating group) is 1. The number of hydrogen-bond acceptors (Lipinski definition) is 3. The third-order valence-electron chi connectivity index (χ3n) is 1.73. The Hall–Kier alpha value is -2.04. The predicted molar refractivity (Wildman–Crippen MR) is 50.7 cm³/mol. The molecule has 0 heterocycles. The number of phenolic OH excluding ortho intramolecular Hbond substituents is 1. The van der Waals surface area contributed by atoms with Gasteiger partial charge in [0.05, 0.1) is 0 Å². The third-order valence-corrected chi connectivity index (χ3v) is 1.73. The van der Waals surface area contributed by atoms with Crippen LogP contribution < -0.4 is 10.6 Å². The molecule has 0 unspecified atom stereocenters. The number of phenols is 1. The van der Waals surface area contributed by atoms with E-state index in [9.17, 15) is 9.59 Å². The first kappa shape index (κ1) is 10.0. The van der Waals surface area contributed by atoms with E-state index < -0.39 is 11.8 Å². The summed E-state index contributed by atoms with van der Waals surface area (Å²) in [6, 6.07) is 5.98. The first-order chi connectivity index (χ1) is 6.52. The summed E-state index contributed by atoms with van der Waals surface area (Å²) in [5.41, 5.74) is 5.23. The van der Waals surface area contributed by atoms with Gasteiger partial charge in [-0.3, -0.25) is 9.59 Å². The minimum Gasteiger partial charge on any atom is -0.508 e. The van der Waals surface area contributed by atoms with Gasteiger partial charge < -0.3 is 15.7 Å². The summed E-state index contributed by atoms with van der Waals surface area (Å²) in [7, 11) is 1.40. The van der Waals surface area contributed by atoms with Crippen molar-refractivity contribution in [2.45, 2.75) is 0 Å². The Bertz CT molecular complexity index is 376. The van der Waals surface area contributed by atoms with Gasteiger partial charge in [0, 0.05) is 18.8 Å². The van der Waals surface area contributed by atoms with Gasteiger partial charge in [-0.15, -0.1) is 0 Å². The Labute approximate surface area is 80.7 Å². The van der Waals surface area contributed by atoms with E-state index in [1.54, 1.807) is 12.1 Å². The van der Waals surface area contributed by atoms with E-state index in [0.717, 1.165) is 4.90 Å². The number of rotatable bonds is 1. The number of hydrogen-bond donors (Lipinski definition) is 2. The summed E-state index contributed by atoms with van der Waals surface area (Å²) in [6.45, 7) is 0. The molecule has 0 saturated heterocycles. The molecule has 0 atom stereocenters. The van der Waals surface area contributed by atoms with E-state index in [1.165, 1.54) is 19.2 Å². The Morgan fingerprint density at radius 2 is 2.07 bits per heavy atom. The molecular formula is C9H10N2O3. The van der Waals surface area contributed by atoms with Crippen molar-refractivity contribution >= 4 is 17.5 Å². The number of nitrogens with two attached hydrogens (primary N) is 1. The minimum absolute atomic E-state index is 0.0200. The maximum absolute atomic E-state index is 11.1. The summed E-state index contributed by atoms with van der Waals surface area (Å²) >= 11 is 0. The summed E-state index contributed by atoms with van der Waals surface area (Å²) in [4.78, 5) is 22.8. The van der Waals surface area contributed by atoms with Crippen LogP contribution in [0.2, 0.25) is 0 Å². The van der Waals surface area contributed by atoms with Gasteiger partial charge in [-0.1, -0.05) is 6.07 Å². The lowest BCUT2D eigenvalue weighted by Crippen LogP contribution is -2.37. The second kappa shape index (κ2) is 3.78. The second-order valence-electron chi connectivity index (χ2n) is 2.75. The fourth-order valence-corrected chi connectivity index (χ4v) is 0.984. The molecule has 1 aromatic rings. The van der Waals surface area contributed by atoms with E-state index in [4.69, 9.17) is 10.8 Å². The number of carbonyl (C=O) groups excluding carboxylic acids is 2. The molecule has 0 saturated carbocycles. The van der Waals surface area contributed by atoms with E-state index in [2.05, 4.69) is 0 Å². The van der Waals surface area contributed by atoms with Gasteiger partial charge in [0.15, 0.2) is 0 Å². The molecule has 0 radical (unpaired) electrons. The van der Waals surface area contributed by atoms with Gasteiger partial charge in [-0.05, 0) is 12.1 Å². The van der Waals surface area contributed by atoms with Crippen LogP contribution in [0.25, 0.3) is 0 Å². The molecule has 0 aliphatic rings. The van der Waals surface area contributed by atoms with Crippen LogP contribution in [0.4, 0.5) is 5.69 Å². The number of carbonyl (C=O) groups is 2. The Balaban J connectivity index is 2.95. The largest absolute Gasteiger partial charge is 0.508 e. The molecule has 5 heteroatoms. The molecule has 0 bridgehead atoms. The smallest absolute Gasteiger partial charge is 0.315 e. The standard InChI is InChI=1S/C9H10N2O3/c1-11(9(14)8(10)13)6-3-2-4-7(12)5-6/h2-5,12H,1H3,(H2,10,13). The Morgan fingerprint density at radius 3 is 2.57 bits per heavy atom. The number of anilines is 1. The van der Waals surface area contributed by atoms with E-state index >= 15 is 0 Å². The minimum atomic E-state index is -1.03. The van der Waals surface area contributed by atoms with Gasteiger partial charge in [0.2, 0.25) is 0 Å². The van der Waals surface area contributed by atoms with Crippen molar-refractivity contribution in [3.05, 3.63) is 24.3 Å². The molecule has 0 aliphatic heterocycles. The highest BCUT2D eigenvalue weighted by molar-refractivity contribution is 6.39. The van der Waals surface area contributed by atoms with Crippen molar-refractivity contribution in [3.8, 4) is 5.75 Å². The average Bonchev–Trinajstić information content (AvgIpc) is 2.15. The van der Waals surface area contributed by atoms with Crippen molar-refractivity contribution in [2.24, 2.45) is 5.73 Å². The highest BCUT2D eigenvalue weighted by Crippen LogP contribution is 2.18. The summed E-state index contributed by atoms with van der Waals surface area (Å²) < 4.78 is 0. The molecule has 3 N–H and O–H groups in total. The van der Waals surface area contributed by atoms with Crippen molar-refractivity contribution in [1.29, 1.82) is 0 Å². The zero-order valence-electron chi connectivity index (χ0n) is 7.60. The van der Waals surface area contributed by atoms with Gasteiger partial charge in [-0.2, -0.15) is 0 Å². The quantitative estimate of drug-likeness (QED) is 0.609. The van der Waals surface area contributed by atoms with E-state index in [1.807, 2.05) is 0 Å². The van der Waals surface area contributed by atoms with Gasteiger partial charge in [-0.25, -0.2) is 0 Å². The Kier molecular flexibility index (Phi) is 2.71. The van der Waals surface area contributed by atoms with Crippen LogP contribution in [0.15, 0.2) is 24.3 Å². The number of amides is 2. The highest BCUT2D eigenvalue weighted by Gasteiger charge is 2.16. The zero-order chi connectivity index (χ0) is 10.7. The number of benzene rings is 1. The monoisotopic (exact) mass is 194 g/mol. The lowest BCUT2D eigenvalue weighted by Gasteiger charge is -2.14. The van der Waals surface area contributed by atoms with Crippen LogP contribution in [0.1, 0.15) is 0 Å². The fourth-order valence-electron chi connectivity index (χ4n) is 0.984. The maximum atomic E-state index is 11.1. The summed E-state index contributed by atoms with van der Waals surface area (Å²) in [5, 5.41) is 9.13. The molecule has 0 fully saturated rings. The number of nitrogens with zero attached hydrogens (tertiary/aromatic N) is 1. The normalized spacial score (nSPS) is 9.50. The summed E-state index contributed by atoms with van der Waals surface area (Å²) in [5.74, 6) is -1.84. The molecule has 14 heavy (non-hydrogen) atoms. The van der Waals surface area contributed by atoms with Crippen LogP contribution in [-0.4, -0.2) is 24.0 Å². The number of aromatic hydroxyl groups is 1. The second-order valence-corrected chi connectivity index (χ2v) is 2.75. The van der Waals surface area contributed by atoms with Gasteiger partial charge in [0.25, 0.3) is 0 Å². The molecule has 2 amide bonds. The van der Waals surface area contributed by atoms with Gasteiger partial charge in [0.1, 0.15) is 5.75 Å². The van der Waals surface area contributed by atoms with Gasteiger partial charge >= 0.3 is 11.8 Å². The molecule has 74 valence electrons. The van der Waals surface area contributed by atoms with Crippen molar-refractivity contribution in [1.82, 2.24) is 0 Å². The van der Waals surface area contributed by atoms with E-state index in [-0.39, 0.29) is 5.75 Å². The third kappa shape index (κ3) is 2.01. The molecule has 5 nitrogen and oxygen atoms in total. The van der Waals surface area contributed by atoms with Crippen LogP contribution >= 0.6 is 0 Å². The lowest BCUT2D eigenvalue weighted by molar-refractivity contribution is -0.135. The SMILES string of the molecule is CN(C(=O)C(N)=O)c1cccc(O)c1. The topological polar surface area (TPSA) is 83.6 Å². The van der Waals surface area contributed by atoms with Crippen LogP contribution in [0.5, 0.6) is 5.75 Å². The predicted octanol–water partition coefficient (Wildman–Crippen LogP) is -0.160. The first-order valence-electron chi connectivity index (χ1n) is 3.89. The van der Waals surface area contributed by atoms with Crippen LogP contribution in [-0.2, 0) is 9.59 Å². The lowest BCUT2D eigenvalue weighted by atomic mass is 10.3. The molecule has 0 aromatic heterocycles. The summed E-state index contributed by atoms with van der Waals surface area (Å²) in [6.07, 6.45) is 0. The number of primary amides is 1. The molecular weight excluding hydrogens is 184 g/mol. The highest BCUT2D eigenvalue weighted by atomic mass is 16.3. The molecule has 1 aromatic carbocycles. The maximum Gasteiger partial charge on any atom is 0.315 e. The first-order valence-corrected chi connectivity index (χ1v) is 3.89. The van der Waals surface area contributed by atoms with Crippen LogP contribution in [0, 0.1) is 0 Å². The average molecular weight is 194 g/mol. The van der Waals surface area contributed by atoms with Crippen molar-refractivity contribution in [3.63, 3.8) is 0 Å². The molecule has 0 aliphatic carbocycles. The van der Waals surface area contributed by atoms with E-state index in [0.29, 0.717) is 5.69 Å². The van der Waals surface area contributed by atoms with Crippen molar-refractivity contribution in [2.75, 3.05) is 11.9 Å². The van der Waals surface area contributed by atoms with Crippen molar-refractivity contribution < 1.29 is 14.7 Å².